The van der Waals surface area contributed by atoms with Gasteiger partial charge in [0.05, 0.1) is 58.9 Å². The van der Waals surface area contributed by atoms with Crippen LogP contribution in [-0.2, 0) is 73.8 Å². The summed E-state index contributed by atoms with van der Waals surface area (Å²) in [5.74, 6) is 0.239. The van der Waals surface area contributed by atoms with Gasteiger partial charge in [-0.15, -0.1) is 0 Å². The van der Waals surface area contributed by atoms with E-state index in [1.165, 1.54) is 11.4 Å². The van der Waals surface area contributed by atoms with E-state index in [1.807, 2.05) is 19.9 Å². The van der Waals surface area contributed by atoms with Gasteiger partial charge in [0.2, 0.25) is 20.0 Å². The fourth-order valence-corrected chi connectivity index (χ4v) is 12.5. The zero-order chi connectivity index (χ0) is 53.2. The number of carbonyl (C=O) groups is 2. The number of esters is 2. The molecule has 0 fully saturated rings. The highest BCUT2D eigenvalue weighted by atomic mass is 32.2. The molecule has 2 aromatic carbocycles. The molecule has 0 spiro atoms. The van der Waals surface area contributed by atoms with Crippen molar-refractivity contribution in [3.05, 3.63) is 67.8 Å². The number of nitrogens with zero attached hydrogens (tertiary/aromatic N) is 2. The number of cyclic esters (lactones) is 2. The van der Waals surface area contributed by atoms with Crippen molar-refractivity contribution < 1.29 is 83.2 Å². The van der Waals surface area contributed by atoms with Crippen LogP contribution in [0.4, 0.5) is 0 Å². The van der Waals surface area contributed by atoms with Gasteiger partial charge in [0.25, 0.3) is 0 Å². The Bertz CT molecular complexity index is 2620. The minimum atomic E-state index is -4.35. The van der Waals surface area contributed by atoms with E-state index in [4.69, 9.17) is 42.5 Å². The van der Waals surface area contributed by atoms with Crippen molar-refractivity contribution >= 4 is 55.3 Å². The van der Waals surface area contributed by atoms with Crippen LogP contribution in [0.15, 0.2) is 23.3 Å². The van der Waals surface area contributed by atoms with Crippen LogP contribution in [0.2, 0.25) is 25.7 Å². The molecule has 70 heavy (non-hydrogen) atoms. The van der Waals surface area contributed by atoms with E-state index in [0.717, 1.165) is 45.1 Å². The molecule has 0 aliphatic carbocycles. The lowest BCUT2D eigenvalue weighted by atomic mass is 9.95. The first-order valence-corrected chi connectivity index (χ1v) is 33.5. The molecule has 25 heteroatoms. The van der Waals surface area contributed by atoms with Gasteiger partial charge in [-0.2, -0.15) is 8.61 Å². The molecule has 0 saturated carbocycles. The average molecular weight is 1080 g/mol. The van der Waals surface area contributed by atoms with Crippen LogP contribution >= 0.6 is 15.2 Å². The number of allylic oxidation sites excluding steroid dienone is 2. The first-order valence-electron chi connectivity index (χ1n) is 22.6. The predicted octanol–water partition coefficient (Wildman–Crippen LogP) is 6.72. The van der Waals surface area contributed by atoms with Crippen LogP contribution in [-0.4, -0.2) is 145 Å². The van der Waals surface area contributed by atoms with Gasteiger partial charge in [0.1, 0.15) is 47.3 Å². The third-order valence-electron chi connectivity index (χ3n) is 11.4. The number of hydrogen-bond acceptors (Lipinski definition) is 16. The van der Waals surface area contributed by atoms with E-state index >= 15 is 0 Å². The van der Waals surface area contributed by atoms with Gasteiger partial charge in [0, 0.05) is 56.5 Å². The highest BCUT2D eigenvalue weighted by molar-refractivity contribution is 7.88. The number of fused-ring (bicyclic) bond motifs is 2. The Hall–Kier alpha value is -3.60. The molecule has 3 N–H and O–H groups in total. The molecule has 0 atom stereocenters. The molecule has 0 unspecified atom stereocenters. The Morgan fingerprint density at radius 2 is 1.16 bits per heavy atom. The van der Waals surface area contributed by atoms with Crippen molar-refractivity contribution in [2.75, 3.05) is 85.1 Å². The topological polar surface area (TPSA) is 268 Å². The zero-order valence-corrected chi connectivity index (χ0v) is 47.0. The van der Waals surface area contributed by atoms with Gasteiger partial charge < -0.3 is 47.6 Å². The molecule has 4 rings (SSSR count). The Kier molecular flexibility index (Phi) is 22.0. The van der Waals surface area contributed by atoms with Crippen LogP contribution < -0.4 is 14.2 Å². The molecular formula is C45H72N2O18P2S2Si. The maximum Gasteiger partial charge on any atom is 0.342 e. The van der Waals surface area contributed by atoms with E-state index < -0.39 is 61.4 Å². The third kappa shape index (κ3) is 17.0. The summed E-state index contributed by atoms with van der Waals surface area (Å²) in [6.45, 7) is 18.1. The molecular weight excluding hydrogens is 1010 g/mol. The highest BCUT2D eigenvalue weighted by Gasteiger charge is 2.35. The largest absolute Gasteiger partial charge is 0.507 e. The van der Waals surface area contributed by atoms with Gasteiger partial charge in [-0.05, 0) is 71.6 Å². The van der Waals surface area contributed by atoms with Gasteiger partial charge in [-0.1, -0.05) is 42.9 Å². The number of phenols is 1. The summed E-state index contributed by atoms with van der Waals surface area (Å²) >= 11 is 0. The van der Waals surface area contributed by atoms with Gasteiger partial charge in [-0.25, -0.2) is 26.4 Å². The van der Waals surface area contributed by atoms with E-state index in [2.05, 4.69) is 19.6 Å². The SMILES string of the molecule is CCOP(=O)(CCN(C/C(C)=C/Cc1c(OC)c(C)c2c(c1OCC[Si](C)(C)C)C(=O)OC2)S(C)(=O)=O)OCC.COc1c(C)c2c(c(O)c1C/C=C(\C)CN(CCP(=O)(O)O)S(C)(=O)=O)C(=O)OC2. The fraction of sp³-hybridized carbons (Fsp3) is 0.600. The van der Waals surface area contributed by atoms with Crippen molar-refractivity contribution in [3.63, 3.8) is 0 Å². The lowest BCUT2D eigenvalue weighted by Gasteiger charge is -2.24. The summed E-state index contributed by atoms with van der Waals surface area (Å²) in [7, 11) is -13.4. The molecule has 20 nitrogen and oxygen atoms in total. The Morgan fingerprint density at radius 1 is 0.729 bits per heavy atom. The smallest absolute Gasteiger partial charge is 0.342 e. The molecule has 2 heterocycles. The number of phenolic OH excluding ortho intramolecular Hbond substituents is 1. The molecule has 0 aromatic heterocycles. The summed E-state index contributed by atoms with van der Waals surface area (Å²) in [5.41, 5.74) is 5.83. The lowest BCUT2D eigenvalue weighted by Crippen LogP contribution is -2.34. The Balaban J connectivity index is 0.000000385. The van der Waals surface area contributed by atoms with Crippen LogP contribution in [0.25, 0.3) is 0 Å². The van der Waals surface area contributed by atoms with Crippen LogP contribution in [0.3, 0.4) is 0 Å². The first-order chi connectivity index (χ1) is 32.3. The molecule has 0 saturated heterocycles. The summed E-state index contributed by atoms with van der Waals surface area (Å²) in [5, 5.41) is 10.6. The highest BCUT2D eigenvalue weighted by Crippen LogP contribution is 2.48. The van der Waals surface area contributed by atoms with Crippen molar-refractivity contribution in [3.8, 4) is 23.0 Å². The number of aromatic hydroxyl groups is 1. The standard InChI is InChI=1S/C27H46NO9PSSi.C18H26NO9PS/c1-10-36-38(30,37-11-2)16-14-28(39(6,31)32)18-20(3)12-13-22-25(33-5)21(4)23-19-35-27(29)24(23)26(22)34-15-17-40(7,8)9;1-11(9-19(30(4,25)26)7-8-29(22,23)24)5-6-13-16(20)15-14(10-28-18(15)21)12(2)17(13)27-3/h12H,10-11,13-19H2,1-9H3;5,20H,6-10H2,1-4H3,(H2,22,23,24)/b20-12+;11-5+. The average Bonchev–Trinajstić information content (AvgIpc) is 3.83. The second kappa shape index (κ2) is 25.4. The summed E-state index contributed by atoms with van der Waals surface area (Å²) in [4.78, 5) is 42.7. The van der Waals surface area contributed by atoms with Gasteiger partial charge in [-0.3, -0.25) is 9.13 Å². The van der Waals surface area contributed by atoms with E-state index in [1.54, 1.807) is 40.9 Å². The first kappa shape index (κ1) is 60.7. The van der Waals surface area contributed by atoms with Crippen LogP contribution in [0.1, 0.15) is 81.8 Å². The number of hydrogen-bond donors (Lipinski definition) is 3. The summed E-state index contributed by atoms with van der Waals surface area (Å²) in [6, 6.07) is 0.915. The molecule has 0 radical (unpaired) electrons. The summed E-state index contributed by atoms with van der Waals surface area (Å²) in [6.07, 6.45) is 5.51. The lowest BCUT2D eigenvalue weighted by molar-refractivity contribution is 0.0523. The van der Waals surface area contributed by atoms with Crippen molar-refractivity contribution in [1.82, 2.24) is 8.61 Å². The summed E-state index contributed by atoms with van der Waals surface area (Å²) < 4.78 is 114. The molecule has 2 aromatic rings. The normalized spacial score (nSPS) is 14.6. The number of sulfonamides is 2. The van der Waals surface area contributed by atoms with Crippen molar-refractivity contribution in [2.24, 2.45) is 0 Å². The molecule has 0 amide bonds. The Labute approximate surface area is 414 Å². The van der Waals surface area contributed by atoms with E-state index in [0.29, 0.717) is 58.1 Å². The van der Waals surface area contributed by atoms with Crippen LogP contribution in [0.5, 0.6) is 23.0 Å². The van der Waals surface area contributed by atoms with Crippen molar-refractivity contribution in [2.45, 2.75) is 93.3 Å². The fourth-order valence-electron chi connectivity index (χ4n) is 7.65. The number of ether oxygens (including phenoxy) is 5. The minimum absolute atomic E-state index is 0.0144. The maximum absolute atomic E-state index is 12.9. The molecule has 0 bridgehead atoms. The quantitative estimate of drug-likeness (QED) is 0.0382. The minimum Gasteiger partial charge on any atom is -0.507 e. The Morgan fingerprint density at radius 3 is 1.59 bits per heavy atom. The number of methoxy groups -OCH3 is 2. The van der Waals surface area contributed by atoms with Crippen LogP contribution in [0, 0.1) is 13.8 Å². The number of carbonyl (C=O) groups excluding carboxylic acids is 2. The predicted molar refractivity (Wildman–Crippen MR) is 269 cm³/mol. The molecule has 2 aliphatic heterocycles. The number of benzene rings is 2. The number of rotatable bonds is 26. The maximum atomic E-state index is 12.9. The second-order valence-electron chi connectivity index (χ2n) is 18.2. The van der Waals surface area contributed by atoms with Gasteiger partial charge in [0.15, 0.2) is 0 Å². The monoisotopic (exact) mass is 1080 g/mol. The van der Waals surface area contributed by atoms with E-state index in [-0.39, 0.29) is 76.5 Å². The third-order valence-corrected chi connectivity index (χ3v) is 18.4. The molecule has 396 valence electrons. The second-order valence-corrected chi connectivity index (χ2v) is 31.8. The molecule has 2 aliphatic rings. The van der Waals surface area contributed by atoms with Gasteiger partial charge >= 0.3 is 27.1 Å². The zero-order valence-electron chi connectivity index (χ0n) is 42.6. The van der Waals surface area contributed by atoms with E-state index in [9.17, 15) is 40.7 Å². The van der Waals surface area contributed by atoms with Crippen molar-refractivity contribution in [1.29, 1.82) is 0 Å².